The van der Waals surface area contributed by atoms with Crippen molar-refractivity contribution in [3.8, 4) is 11.5 Å². The minimum absolute atomic E-state index is 0.0351. The first-order valence-electron chi connectivity index (χ1n) is 8.48. The highest BCUT2D eigenvalue weighted by Gasteiger charge is 2.13. The number of carbonyl (C=O) groups is 1. The molecule has 0 bridgehead atoms. The third-order valence-corrected chi connectivity index (χ3v) is 4.71. The first-order valence-corrected chi connectivity index (χ1v) is 10.8. The number of phenols is 1. The van der Waals surface area contributed by atoms with Crippen LogP contribution in [0.5, 0.6) is 11.5 Å². The maximum Gasteiger partial charge on any atom is 0.252 e. The van der Waals surface area contributed by atoms with E-state index in [2.05, 4.69) is 10.0 Å². The maximum absolute atomic E-state index is 11.4. The van der Waals surface area contributed by atoms with Gasteiger partial charge < -0.3 is 26.0 Å². The third kappa shape index (κ3) is 7.09. The van der Waals surface area contributed by atoms with Crippen molar-refractivity contribution in [2.45, 2.75) is 6.10 Å². The molecule has 0 saturated heterocycles. The number of primary amides is 1. The highest BCUT2D eigenvalue weighted by molar-refractivity contribution is 7.92. The molecule has 0 aromatic heterocycles. The van der Waals surface area contributed by atoms with Crippen LogP contribution in [-0.2, 0) is 10.0 Å². The lowest BCUT2D eigenvalue weighted by atomic mass is 10.1. The molecular weight excluding hydrogens is 422 g/mol. The number of benzene rings is 2. The fourth-order valence-electron chi connectivity index (χ4n) is 2.43. The van der Waals surface area contributed by atoms with E-state index in [1.807, 2.05) is 0 Å². The molecule has 0 aliphatic rings. The summed E-state index contributed by atoms with van der Waals surface area (Å²) in [5.41, 5.74) is 5.80. The molecule has 6 N–H and O–H groups in total. The molecule has 1 atom stereocenters. The van der Waals surface area contributed by atoms with Crippen LogP contribution in [0.25, 0.3) is 0 Å². The van der Waals surface area contributed by atoms with Gasteiger partial charge in [0, 0.05) is 13.1 Å². The topological polar surface area (TPSA) is 151 Å². The second kappa shape index (κ2) is 9.79. The first-order chi connectivity index (χ1) is 13.6. The summed E-state index contributed by atoms with van der Waals surface area (Å²) in [4.78, 5) is 11.2. The normalized spacial score (nSPS) is 12.4. The fourth-order valence-corrected chi connectivity index (χ4v) is 3.22. The molecule has 0 fully saturated rings. The van der Waals surface area contributed by atoms with Gasteiger partial charge in [0.1, 0.15) is 18.1 Å². The molecule has 9 nitrogen and oxygen atoms in total. The van der Waals surface area contributed by atoms with Crippen molar-refractivity contribution in [2.75, 3.05) is 30.7 Å². The number of anilines is 1. The molecule has 1 amide bonds. The van der Waals surface area contributed by atoms with E-state index >= 15 is 0 Å². The Kier molecular flexibility index (Phi) is 7.68. The van der Waals surface area contributed by atoms with Crippen molar-refractivity contribution in [1.82, 2.24) is 5.32 Å². The number of sulfonamides is 1. The van der Waals surface area contributed by atoms with Gasteiger partial charge in [-0.25, -0.2) is 8.42 Å². The summed E-state index contributed by atoms with van der Waals surface area (Å²) in [5, 5.41) is 23.0. The van der Waals surface area contributed by atoms with Crippen molar-refractivity contribution in [3.05, 3.63) is 52.5 Å². The Morgan fingerprint density at radius 3 is 2.66 bits per heavy atom. The summed E-state index contributed by atoms with van der Waals surface area (Å²) in [7, 11) is -3.50. The number of nitrogens with two attached hydrogens (primary N) is 1. The van der Waals surface area contributed by atoms with E-state index in [1.165, 1.54) is 30.3 Å². The van der Waals surface area contributed by atoms with Crippen LogP contribution < -0.4 is 20.5 Å². The number of halogens is 1. The van der Waals surface area contributed by atoms with Crippen LogP contribution in [0.2, 0.25) is 5.02 Å². The largest absolute Gasteiger partial charge is 0.507 e. The van der Waals surface area contributed by atoms with Gasteiger partial charge in [0.05, 0.1) is 28.6 Å². The molecule has 0 spiro atoms. The Labute approximate surface area is 173 Å². The molecule has 158 valence electrons. The summed E-state index contributed by atoms with van der Waals surface area (Å²) < 4.78 is 30.5. The molecule has 29 heavy (non-hydrogen) atoms. The number of carbonyl (C=O) groups excluding carboxylic acids is 1. The number of nitrogens with one attached hydrogen (secondary N) is 2. The molecule has 2 rings (SSSR count). The Balaban J connectivity index is 1.84. The van der Waals surface area contributed by atoms with E-state index < -0.39 is 22.0 Å². The van der Waals surface area contributed by atoms with Crippen molar-refractivity contribution >= 4 is 33.2 Å². The van der Waals surface area contributed by atoms with E-state index in [9.17, 15) is 23.4 Å². The van der Waals surface area contributed by atoms with Crippen LogP contribution in [0.4, 0.5) is 5.69 Å². The van der Waals surface area contributed by atoms with Gasteiger partial charge in [-0.2, -0.15) is 0 Å². The summed E-state index contributed by atoms with van der Waals surface area (Å²) in [6.07, 6.45) is 0.108. The van der Waals surface area contributed by atoms with Crippen LogP contribution in [0, 0.1) is 0 Å². The van der Waals surface area contributed by atoms with Gasteiger partial charge >= 0.3 is 0 Å². The zero-order chi connectivity index (χ0) is 21.6. The number of hydrogen-bond donors (Lipinski definition) is 5. The fraction of sp³-hybridized carbons (Fsp3) is 0.278. The lowest BCUT2D eigenvalue weighted by Crippen LogP contribution is -2.26. The molecule has 2 aromatic carbocycles. The van der Waals surface area contributed by atoms with Crippen molar-refractivity contribution in [3.63, 3.8) is 0 Å². The van der Waals surface area contributed by atoms with E-state index in [-0.39, 0.29) is 35.2 Å². The zero-order valence-electron chi connectivity index (χ0n) is 15.6. The van der Waals surface area contributed by atoms with Crippen LogP contribution in [0.3, 0.4) is 0 Å². The summed E-state index contributed by atoms with van der Waals surface area (Å²) in [5.74, 6) is -0.617. The minimum atomic E-state index is -3.50. The average molecular weight is 444 g/mol. The third-order valence-electron chi connectivity index (χ3n) is 3.79. The van der Waals surface area contributed by atoms with Gasteiger partial charge in [0.15, 0.2) is 0 Å². The lowest BCUT2D eigenvalue weighted by Gasteiger charge is -2.15. The number of hydrogen-bond acceptors (Lipinski definition) is 7. The average Bonchev–Trinajstić information content (AvgIpc) is 2.63. The molecule has 11 heteroatoms. The zero-order valence-corrected chi connectivity index (χ0v) is 17.1. The summed E-state index contributed by atoms with van der Waals surface area (Å²) >= 11 is 5.97. The standard InChI is InChI=1S/C18H22ClN3O6S/c1-29(26,27)22-15-8-11(2-4-14(15)19)17(24)10-21-6-7-28-12-3-5-16(23)13(9-12)18(20)25/h2-5,8-9,17,21-24H,6-7,10H2,1H3,(H2,20,25). The van der Waals surface area contributed by atoms with E-state index in [4.69, 9.17) is 22.1 Å². The number of aromatic hydroxyl groups is 1. The van der Waals surface area contributed by atoms with Gasteiger partial charge in [-0.3, -0.25) is 9.52 Å². The summed E-state index contributed by atoms with van der Waals surface area (Å²) in [6, 6.07) is 8.72. The Morgan fingerprint density at radius 1 is 1.28 bits per heavy atom. The van der Waals surface area contributed by atoms with Gasteiger partial charge in [0.25, 0.3) is 5.91 Å². The summed E-state index contributed by atoms with van der Waals surface area (Å²) in [6.45, 7) is 0.800. The van der Waals surface area contributed by atoms with E-state index in [0.29, 0.717) is 17.9 Å². The van der Waals surface area contributed by atoms with Crippen LogP contribution in [-0.4, -0.2) is 50.5 Å². The lowest BCUT2D eigenvalue weighted by molar-refractivity contribution is 0.0997. The first kappa shape index (κ1) is 22.8. The molecular formula is C18H22ClN3O6S. The predicted molar refractivity (Wildman–Crippen MR) is 110 cm³/mol. The SMILES string of the molecule is CS(=O)(=O)Nc1cc(C(O)CNCCOc2ccc(O)c(C(N)=O)c2)ccc1Cl. The second-order valence-electron chi connectivity index (χ2n) is 6.23. The molecule has 2 aromatic rings. The highest BCUT2D eigenvalue weighted by Crippen LogP contribution is 2.26. The van der Waals surface area contributed by atoms with Crippen LogP contribution in [0.1, 0.15) is 22.0 Å². The van der Waals surface area contributed by atoms with E-state index in [1.54, 1.807) is 6.07 Å². The Bertz CT molecular complexity index is 984. The number of rotatable bonds is 10. The number of amides is 1. The van der Waals surface area contributed by atoms with Gasteiger partial charge in [-0.15, -0.1) is 0 Å². The molecule has 0 saturated carbocycles. The highest BCUT2D eigenvalue weighted by atomic mass is 35.5. The smallest absolute Gasteiger partial charge is 0.252 e. The molecule has 0 aliphatic carbocycles. The Hall–Kier alpha value is -2.53. The molecule has 0 radical (unpaired) electrons. The molecule has 0 heterocycles. The molecule has 1 unspecified atom stereocenters. The molecule has 0 aliphatic heterocycles. The number of ether oxygens (including phenoxy) is 1. The van der Waals surface area contributed by atoms with Crippen molar-refractivity contribution < 1.29 is 28.2 Å². The van der Waals surface area contributed by atoms with Crippen LogP contribution in [0.15, 0.2) is 36.4 Å². The van der Waals surface area contributed by atoms with Crippen LogP contribution >= 0.6 is 11.6 Å². The van der Waals surface area contributed by atoms with Gasteiger partial charge in [0.2, 0.25) is 10.0 Å². The van der Waals surface area contributed by atoms with Crippen molar-refractivity contribution in [1.29, 1.82) is 0 Å². The number of aliphatic hydroxyl groups is 1. The van der Waals surface area contributed by atoms with Gasteiger partial charge in [-0.05, 0) is 35.9 Å². The van der Waals surface area contributed by atoms with Crippen molar-refractivity contribution in [2.24, 2.45) is 5.73 Å². The monoisotopic (exact) mass is 443 g/mol. The minimum Gasteiger partial charge on any atom is -0.507 e. The Morgan fingerprint density at radius 2 is 2.00 bits per heavy atom. The predicted octanol–water partition coefficient (Wildman–Crippen LogP) is 1.22. The quantitative estimate of drug-likeness (QED) is 0.346. The maximum atomic E-state index is 11.4. The van der Waals surface area contributed by atoms with E-state index in [0.717, 1.165) is 6.26 Å². The second-order valence-corrected chi connectivity index (χ2v) is 8.38. The number of aliphatic hydroxyl groups excluding tert-OH is 1. The van der Waals surface area contributed by atoms with Gasteiger partial charge in [-0.1, -0.05) is 17.7 Å².